The fourth-order valence-electron chi connectivity index (χ4n) is 1.96. The standard InChI is InChI=1S/C21H44O8/c1-5-22-6-7-23-8-9-24-10-11-25-12-13-26-14-15-27-16-17-28-18-19-29-20-21(2,3)4/h5-20H2,1-4H3. The highest BCUT2D eigenvalue weighted by Crippen LogP contribution is 2.12. The molecule has 0 fully saturated rings. The Morgan fingerprint density at radius 3 is 0.862 bits per heavy atom. The minimum Gasteiger partial charge on any atom is -0.379 e. The summed E-state index contributed by atoms with van der Waals surface area (Å²) in [5.74, 6) is 0. The summed E-state index contributed by atoms with van der Waals surface area (Å²) in [6, 6.07) is 0. The molecular weight excluding hydrogens is 380 g/mol. The summed E-state index contributed by atoms with van der Waals surface area (Å²) in [6.45, 7) is 17.9. The molecular formula is C21H44O8. The zero-order chi connectivity index (χ0) is 21.5. The zero-order valence-electron chi connectivity index (χ0n) is 19.1. The molecule has 0 unspecified atom stereocenters. The van der Waals surface area contributed by atoms with Crippen LogP contribution in [0.25, 0.3) is 0 Å². The Bertz CT molecular complexity index is 310. The predicted octanol–water partition coefficient (Wildman–Crippen LogP) is 2.19. The fraction of sp³-hybridized carbons (Fsp3) is 1.00. The Hall–Kier alpha value is -0.320. The quantitative estimate of drug-likeness (QED) is 0.231. The number of hydrogen-bond acceptors (Lipinski definition) is 8. The highest BCUT2D eigenvalue weighted by atomic mass is 16.6. The molecule has 176 valence electrons. The Balaban J connectivity index is 3.02. The minimum atomic E-state index is 0.196. The van der Waals surface area contributed by atoms with Crippen molar-refractivity contribution in [3.63, 3.8) is 0 Å². The van der Waals surface area contributed by atoms with E-state index in [2.05, 4.69) is 20.8 Å². The molecule has 0 bridgehead atoms. The van der Waals surface area contributed by atoms with Crippen LogP contribution in [-0.2, 0) is 37.9 Å². The molecule has 0 saturated carbocycles. The van der Waals surface area contributed by atoms with Gasteiger partial charge in [-0.2, -0.15) is 0 Å². The molecule has 8 nitrogen and oxygen atoms in total. The van der Waals surface area contributed by atoms with Crippen LogP contribution >= 0.6 is 0 Å². The lowest BCUT2D eigenvalue weighted by Crippen LogP contribution is -2.17. The SMILES string of the molecule is CCOCCOCCOCCOCCOCCOCCOCCOCC(C)(C)C. The summed E-state index contributed by atoms with van der Waals surface area (Å²) < 4.78 is 43.2. The Kier molecular flexibility index (Phi) is 22.1. The van der Waals surface area contributed by atoms with Crippen LogP contribution in [-0.4, -0.2) is 106 Å². The molecule has 0 aromatic rings. The molecule has 0 aromatic heterocycles. The van der Waals surface area contributed by atoms with Crippen LogP contribution in [0.15, 0.2) is 0 Å². The van der Waals surface area contributed by atoms with Gasteiger partial charge in [-0.1, -0.05) is 20.8 Å². The highest BCUT2D eigenvalue weighted by Gasteiger charge is 2.09. The van der Waals surface area contributed by atoms with Crippen molar-refractivity contribution in [1.82, 2.24) is 0 Å². The lowest BCUT2D eigenvalue weighted by molar-refractivity contribution is -0.0250. The molecule has 0 aliphatic carbocycles. The first kappa shape index (κ1) is 28.7. The predicted molar refractivity (Wildman–Crippen MR) is 112 cm³/mol. The molecule has 0 amide bonds. The van der Waals surface area contributed by atoms with E-state index in [0.29, 0.717) is 92.5 Å². The molecule has 0 aliphatic rings. The lowest BCUT2D eigenvalue weighted by Gasteiger charge is -2.17. The van der Waals surface area contributed by atoms with Crippen molar-refractivity contribution in [3.8, 4) is 0 Å². The van der Waals surface area contributed by atoms with Crippen LogP contribution in [0.2, 0.25) is 0 Å². The van der Waals surface area contributed by atoms with Gasteiger partial charge in [0.25, 0.3) is 0 Å². The largest absolute Gasteiger partial charge is 0.379 e. The molecule has 29 heavy (non-hydrogen) atoms. The molecule has 0 rings (SSSR count). The minimum absolute atomic E-state index is 0.196. The van der Waals surface area contributed by atoms with Crippen molar-refractivity contribution in [3.05, 3.63) is 0 Å². The van der Waals surface area contributed by atoms with Gasteiger partial charge in [0.1, 0.15) is 0 Å². The van der Waals surface area contributed by atoms with Crippen LogP contribution < -0.4 is 0 Å². The van der Waals surface area contributed by atoms with Crippen LogP contribution in [0.1, 0.15) is 27.7 Å². The first-order valence-electron chi connectivity index (χ1n) is 10.7. The second-order valence-electron chi connectivity index (χ2n) is 7.48. The summed E-state index contributed by atoms with van der Waals surface area (Å²) in [7, 11) is 0. The number of ether oxygens (including phenoxy) is 8. The first-order valence-corrected chi connectivity index (χ1v) is 10.7. The maximum atomic E-state index is 5.52. The molecule has 8 heteroatoms. The topological polar surface area (TPSA) is 73.8 Å². The molecule has 0 N–H and O–H groups in total. The average molecular weight is 425 g/mol. The third kappa shape index (κ3) is 27.7. The van der Waals surface area contributed by atoms with E-state index in [0.717, 1.165) is 13.2 Å². The van der Waals surface area contributed by atoms with Crippen molar-refractivity contribution in [1.29, 1.82) is 0 Å². The normalized spacial score (nSPS) is 12.0. The van der Waals surface area contributed by atoms with E-state index in [9.17, 15) is 0 Å². The van der Waals surface area contributed by atoms with Gasteiger partial charge in [0.05, 0.1) is 99.1 Å². The maximum Gasteiger partial charge on any atom is 0.0701 e. The van der Waals surface area contributed by atoms with E-state index in [1.54, 1.807) is 0 Å². The molecule has 0 heterocycles. The van der Waals surface area contributed by atoms with Crippen molar-refractivity contribution in [2.45, 2.75) is 27.7 Å². The van der Waals surface area contributed by atoms with Crippen molar-refractivity contribution < 1.29 is 37.9 Å². The van der Waals surface area contributed by atoms with Crippen LogP contribution in [0.3, 0.4) is 0 Å². The fourth-order valence-corrected chi connectivity index (χ4v) is 1.96. The molecule has 0 aromatic carbocycles. The van der Waals surface area contributed by atoms with E-state index in [1.165, 1.54) is 0 Å². The van der Waals surface area contributed by atoms with Crippen LogP contribution in [0.5, 0.6) is 0 Å². The Morgan fingerprint density at radius 2 is 0.621 bits per heavy atom. The molecule has 0 atom stereocenters. The van der Waals surface area contributed by atoms with Gasteiger partial charge in [-0.3, -0.25) is 0 Å². The van der Waals surface area contributed by atoms with Crippen molar-refractivity contribution >= 4 is 0 Å². The molecule has 0 radical (unpaired) electrons. The van der Waals surface area contributed by atoms with E-state index < -0.39 is 0 Å². The summed E-state index contributed by atoms with van der Waals surface area (Å²) in [6.07, 6.45) is 0. The van der Waals surface area contributed by atoms with Crippen LogP contribution in [0, 0.1) is 5.41 Å². The van der Waals surface area contributed by atoms with Gasteiger partial charge in [0.2, 0.25) is 0 Å². The van der Waals surface area contributed by atoms with Gasteiger partial charge in [-0.15, -0.1) is 0 Å². The Morgan fingerprint density at radius 1 is 0.379 bits per heavy atom. The van der Waals surface area contributed by atoms with Gasteiger partial charge >= 0.3 is 0 Å². The first-order chi connectivity index (χ1) is 14.1. The summed E-state index contributed by atoms with van der Waals surface area (Å²) in [5.41, 5.74) is 0.196. The van der Waals surface area contributed by atoms with Crippen LogP contribution in [0.4, 0.5) is 0 Å². The summed E-state index contributed by atoms with van der Waals surface area (Å²) in [4.78, 5) is 0. The van der Waals surface area contributed by atoms with Gasteiger partial charge in [-0.05, 0) is 12.3 Å². The average Bonchev–Trinajstić information content (AvgIpc) is 2.67. The Labute approximate surface area is 177 Å². The molecule has 0 saturated heterocycles. The van der Waals surface area contributed by atoms with Crippen molar-refractivity contribution in [2.75, 3.05) is 106 Å². The van der Waals surface area contributed by atoms with Gasteiger partial charge in [-0.25, -0.2) is 0 Å². The van der Waals surface area contributed by atoms with Crippen molar-refractivity contribution in [2.24, 2.45) is 5.41 Å². The monoisotopic (exact) mass is 424 g/mol. The smallest absolute Gasteiger partial charge is 0.0701 e. The summed E-state index contributed by atoms with van der Waals surface area (Å²) in [5, 5.41) is 0. The number of hydrogen-bond donors (Lipinski definition) is 0. The van der Waals surface area contributed by atoms with E-state index in [4.69, 9.17) is 37.9 Å². The van der Waals surface area contributed by atoms with Gasteiger partial charge in [0.15, 0.2) is 0 Å². The zero-order valence-corrected chi connectivity index (χ0v) is 19.1. The van der Waals surface area contributed by atoms with Gasteiger partial charge in [0, 0.05) is 6.61 Å². The molecule has 0 aliphatic heterocycles. The third-order valence-electron chi connectivity index (χ3n) is 3.34. The summed E-state index contributed by atoms with van der Waals surface area (Å²) >= 11 is 0. The van der Waals surface area contributed by atoms with E-state index in [-0.39, 0.29) is 5.41 Å². The molecule has 0 spiro atoms. The maximum absolute atomic E-state index is 5.52. The van der Waals surface area contributed by atoms with Gasteiger partial charge < -0.3 is 37.9 Å². The number of rotatable bonds is 23. The van der Waals surface area contributed by atoms with E-state index >= 15 is 0 Å². The van der Waals surface area contributed by atoms with E-state index in [1.807, 2.05) is 6.92 Å². The highest BCUT2D eigenvalue weighted by molar-refractivity contribution is 4.58. The third-order valence-corrected chi connectivity index (χ3v) is 3.34. The lowest BCUT2D eigenvalue weighted by atomic mass is 9.99. The second-order valence-corrected chi connectivity index (χ2v) is 7.48. The second kappa shape index (κ2) is 22.4.